The lowest BCUT2D eigenvalue weighted by Gasteiger charge is -2.24. The van der Waals surface area contributed by atoms with E-state index >= 15 is 0 Å². The third-order valence-electron chi connectivity index (χ3n) is 4.02. The molecule has 4 heteroatoms. The third-order valence-corrected chi connectivity index (χ3v) is 5.94. The van der Waals surface area contributed by atoms with Gasteiger partial charge in [0.15, 0.2) is 0 Å². The van der Waals surface area contributed by atoms with E-state index in [-0.39, 0.29) is 6.04 Å². The normalized spacial score (nSPS) is 19.8. The summed E-state index contributed by atoms with van der Waals surface area (Å²) in [7, 11) is -3.42. The predicted molar refractivity (Wildman–Crippen MR) is 83.5 cm³/mol. The second-order valence-corrected chi connectivity index (χ2v) is 7.39. The van der Waals surface area contributed by atoms with Crippen LogP contribution >= 0.6 is 0 Å². The maximum Gasteiger partial charge on any atom is 0.243 e. The molecule has 0 aromatic heterocycles. The monoisotopic (exact) mass is 301 g/mol. The van der Waals surface area contributed by atoms with Gasteiger partial charge in [-0.05, 0) is 37.5 Å². The summed E-state index contributed by atoms with van der Waals surface area (Å²) in [5.74, 6) is 0. The number of benzene rings is 2. The van der Waals surface area contributed by atoms with E-state index in [4.69, 9.17) is 0 Å². The van der Waals surface area contributed by atoms with Crippen LogP contribution in [0.1, 0.15) is 30.0 Å². The molecule has 21 heavy (non-hydrogen) atoms. The molecule has 0 saturated carbocycles. The fourth-order valence-corrected chi connectivity index (χ4v) is 4.56. The van der Waals surface area contributed by atoms with Crippen molar-refractivity contribution in [2.75, 3.05) is 6.54 Å². The first-order valence-electron chi connectivity index (χ1n) is 7.22. The molecule has 2 aromatic rings. The van der Waals surface area contributed by atoms with Gasteiger partial charge in [0.1, 0.15) is 0 Å². The lowest BCUT2D eigenvalue weighted by atomic mass is 10.1. The van der Waals surface area contributed by atoms with Crippen molar-refractivity contribution in [2.24, 2.45) is 0 Å². The van der Waals surface area contributed by atoms with Crippen molar-refractivity contribution in [3.05, 3.63) is 65.7 Å². The van der Waals surface area contributed by atoms with Crippen LogP contribution in [0, 0.1) is 6.92 Å². The smallest absolute Gasteiger partial charge is 0.207 e. The average Bonchev–Trinajstić information content (AvgIpc) is 2.99. The van der Waals surface area contributed by atoms with E-state index in [1.165, 1.54) is 0 Å². The van der Waals surface area contributed by atoms with E-state index in [1.54, 1.807) is 16.4 Å². The average molecular weight is 301 g/mol. The lowest BCUT2D eigenvalue weighted by Crippen LogP contribution is -2.30. The Morgan fingerprint density at radius 1 is 1.00 bits per heavy atom. The quantitative estimate of drug-likeness (QED) is 0.870. The second-order valence-electron chi connectivity index (χ2n) is 5.50. The molecule has 0 bridgehead atoms. The van der Waals surface area contributed by atoms with Crippen molar-refractivity contribution in [3.8, 4) is 0 Å². The van der Waals surface area contributed by atoms with Crippen LogP contribution < -0.4 is 0 Å². The van der Waals surface area contributed by atoms with Gasteiger partial charge in [-0.15, -0.1) is 0 Å². The summed E-state index contributed by atoms with van der Waals surface area (Å²) in [6.45, 7) is 2.55. The molecule has 1 atom stereocenters. The van der Waals surface area contributed by atoms with Crippen LogP contribution in [0.3, 0.4) is 0 Å². The molecule has 0 unspecified atom stereocenters. The summed E-state index contributed by atoms with van der Waals surface area (Å²) in [4.78, 5) is 0.385. The minimum atomic E-state index is -3.42. The van der Waals surface area contributed by atoms with Crippen molar-refractivity contribution in [3.63, 3.8) is 0 Å². The zero-order chi connectivity index (χ0) is 14.9. The molecule has 2 aromatic carbocycles. The minimum absolute atomic E-state index is 0.0440. The molecular weight excluding hydrogens is 282 g/mol. The van der Waals surface area contributed by atoms with Gasteiger partial charge in [0.25, 0.3) is 0 Å². The van der Waals surface area contributed by atoms with Crippen molar-refractivity contribution in [1.29, 1.82) is 0 Å². The molecule has 1 fully saturated rings. The third kappa shape index (κ3) is 2.74. The highest BCUT2D eigenvalue weighted by atomic mass is 32.2. The molecule has 3 nitrogen and oxygen atoms in total. The van der Waals surface area contributed by atoms with E-state index in [0.29, 0.717) is 11.4 Å². The van der Waals surface area contributed by atoms with Crippen LogP contribution in [0.25, 0.3) is 0 Å². The zero-order valence-corrected chi connectivity index (χ0v) is 12.9. The second kappa shape index (κ2) is 5.62. The van der Waals surface area contributed by atoms with Gasteiger partial charge in [0.05, 0.1) is 10.9 Å². The van der Waals surface area contributed by atoms with Crippen LogP contribution in [0.4, 0.5) is 0 Å². The SMILES string of the molecule is Cc1ccc(S(=O)(=O)N2CCC[C@H]2c2ccccc2)cc1. The molecule has 0 spiro atoms. The highest BCUT2D eigenvalue weighted by Crippen LogP contribution is 2.36. The number of hydrogen-bond donors (Lipinski definition) is 0. The number of nitrogens with zero attached hydrogens (tertiary/aromatic N) is 1. The zero-order valence-electron chi connectivity index (χ0n) is 12.1. The first kappa shape index (κ1) is 14.3. The Kier molecular flexibility index (Phi) is 3.83. The van der Waals surface area contributed by atoms with E-state index < -0.39 is 10.0 Å². The van der Waals surface area contributed by atoms with Gasteiger partial charge in [0, 0.05) is 6.54 Å². The Morgan fingerprint density at radius 2 is 1.67 bits per heavy atom. The predicted octanol–water partition coefficient (Wildman–Crippen LogP) is 3.52. The van der Waals surface area contributed by atoms with Gasteiger partial charge in [0.2, 0.25) is 10.0 Å². The van der Waals surface area contributed by atoms with Crippen LogP contribution in [-0.4, -0.2) is 19.3 Å². The Bertz CT molecular complexity index is 708. The molecule has 0 N–H and O–H groups in total. The van der Waals surface area contributed by atoms with Gasteiger partial charge < -0.3 is 0 Å². The standard InChI is InChI=1S/C17H19NO2S/c1-14-9-11-16(12-10-14)21(19,20)18-13-5-8-17(18)15-6-3-2-4-7-15/h2-4,6-7,9-12,17H,5,8,13H2,1H3/t17-/m0/s1. The van der Waals surface area contributed by atoms with E-state index in [2.05, 4.69) is 0 Å². The first-order chi connectivity index (χ1) is 10.1. The van der Waals surface area contributed by atoms with E-state index in [1.807, 2.05) is 49.4 Å². The van der Waals surface area contributed by atoms with Crippen molar-refractivity contribution in [2.45, 2.75) is 30.7 Å². The Labute approximate surface area is 126 Å². The largest absolute Gasteiger partial charge is 0.243 e. The number of rotatable bonds is 3. The maximum atomic E-state index is 12.9. The minimum Gasteiger partial charge on any atom is -0.207 e. The summed E-state index contributed by atoms with van der Waals surface area (Å²) in [6, 6.07) is 16.9. The van der Waals surface area contributed by atoms with Crippen LogP contribution in [0.15, 0.2) is 59.5 Å². The summed E-state index contributed by atoms with van der Waals surface area (Å²) in [5.41, 5.74) is 2.14. The molecule has 1 heterocycles. The summed E-state index contributed by atoms with van der Waals surface area (Å²) in [6.07, 6.45) is 1.79. The van der Waals surface area contributed by atoms with E-state index in [0.717, 1.165) is 24.0 Å². The fraction of sp³-hybridized carbons (Fsp3) is 0.294. The number of hydrogen-bond acceptors (Lipinski definition) is 2. The Balaban J connectivity index is 1.96. The van der Waals surface area contributed by atoms with Crippen molar-refractivity contribution < 1.29 is 8.42 Å². The highest BCUT2D eigenvalue weighted by Gasteiger charge is 2.35. The number of sulfonamides is 1. The summed E-state index contributed by atoms with van der Waals surface area (Å²) >= 11 is 0. The van der Waals surface area contributed by atoms with Crippen molar-refractivity contribution >= 4 is 10.0 Å². The summed E-state index contributed by atoms with van der Waals surface area (Å²) in [5, 5.41) is 0. The summed E-state index contributed by atoms with van der Waals surface area (Å²) < 4.78 is 27.4. The molecule has 1 saturated heterocycles. The Hall–Kier alpha value is -1.65. The lowest BCUT2D eigenvalue weighted by molar-refractivity contribution is 0.396. The van der Waals surface area contributed by atoms with Gasteiger partial charge in [-0.25, -0.2) is 8.42 Å². The number of aryl methyl sites for hydroxylation is 1. The molecule has 1 aliphatic heterocycles. The van der Waals surface area contributed by atoms with Gasteiger partial charge in [-0.3, -0.25) is 0 Å². The Morgan fingerprint density at radius 3 is 2.33 bits per heavy atom. The molecule has 3 rings (SSSR count). The molecule has 0 radical (unpaired) electrons. The van der Waals surface area contributed by atoms with Crippen LogP contribution in [0.2, 0.25) is 0 Å². The van der Waals surface area contributed by atoms with Crippen LogP contribution in [-0.2, 0) is 10.0 Å². The molecule has 0 amide bonds. The maximum absolute atomic E-state index is 12.9. The molecule has 1 aliphatic rings. The highest BCUT2D eigenvalue weighted by molar-refractivity contribution is 7.89. The molecule has 0 aliphatic carbocycles. The first-order valence-corrected chi connectivity index (χ1v) is 8.66. The molecule has 110 valence electrons. The van der Waals surface area contributed by atoms with Gasteiger partial charge in [-0.1, -0.05) is 48.0 Å². The van der Waals surface area contributed by atoms with Gasteiger partial charge in [-0.2, -0.15) is 4.31 Å². The topological polar surface area (TPSA) is 37.4 Å². The molecular formula is C17H19NO2S. The van der Waals surface area contributed by atoms with Crippen LogP contribution in [0.5, 0.6) is 0 Å². The van der Waals surface area contributed by atoms with Gasteiger partial charge >= 0.3 is 0 Å². The van der Waals surface area contributed by atoms with E-state index in [9.17, 15) is 8.42 Å². The van der Waals surface area contributed by atoms with Crippen molar-refractivity contribution in [1.82, 2.24) is 4.31 Å². The fourth-order valence-electron chi connectivity index (χ4n) is 2.88.